The van der Waals surface area contributed by atoms with Crippen molar-refractivity contribution < 1.29 is 12.8 Å². The van der Waals surface area contributed by atoms with Crippen LogP contribution >= 0.6 is 11.6 Å². The van der Waals surface area contributed by atoms with Crippen LogP contribution in [-0.4, -0.2) is 25.8 Å². The standard InChI is InChI=1S/C14H20ClFN2O2S/c1-2-18(9-10-4-3-5-10)21(19,20)13-7-12(15)6-11(8-17)14(13)16/h6-7,10H,2-5,8-9,17H2,1H3. The van der Waals surface area contributed by atoms with Gasteiger partial charge in [-0.1, -0.05) is 24.9 Å². The Morgan fingerprint density at radius 2 is 2.10 bits per heavy atom. The van der Waals surface area contributed by atoms with E-state index in [9.17, 15) is 12.8 Å². The van der Waals surface area contributed by atoms with E-state index in [1.807, 2.05) is 0 Å². The Morgan fingerprint density at radius 3 is 2.57 bits per heavy atom. The third-order valence-corrected chi connectivity index (χ3v) is 6.11. The van der Waals surface area contributed by atoms with Crippen LogP contribution < -0.4 is 5.73 Å². The van der Waals surface area contributed by atoms with Crippen molar-refractivity contribution in [2.24, 2.45) is 11.7 Å². The summed E-state index contributed by atoms with van der Waals surface area (Å²) in [6, 6.07) is 2.52. The van der Waals surface area contributed by atoms with E-state index in [0.717, 1.165) is 25.3 Å². The van der Waals surface area contributed by atoms with Crippen molar-refractivity contribution in [3.05, 3.63) is 28.5 Å². The van der Waals surface area contributed by atoms with Crippen LogP contribution in [0.4, 0.5) is 4.39 Å². The second kappa shape index (κ2) is 6.60. The summed E-state index contributed by atoms with van der Waals surface area (Å²) in [5.41, 5.74) is 5.56. The van der Waals surface area contributed by atoms with Crippen LogP contribution in [0.15, 0.2) is 17.0 Å². The predicted octanol–water partition coefficient (Wildman–Crippen LogP) is 2.75. The molecule has 0 bridgehead atoms. The molecule has 0 radical (unpaired) electrons. The van der Waals surface area contributed by atoms with Crippen molar-refractivity contribution >= 4 is 21.6 Å². The van der Waals surface area contributed by atoms with Gasteiger partial charge >= 0.3 is 0 Å². The quantitative estimate of drug-likeness (QED) is 0.870. The summed E-state index contributed by atoms with van der Waals surface area (Å²) in [6.45, 7) is 2.40. The average molecular weight is 335 g/mol. The molecule has 0 heterocycles. The molecule has 0 spiro atoms. The number of benzene rings is 1. The van der Waals surface area contributed by atoms with Crippen molar-refractivity contribution in [1.82, 2.24) is 4.31 Å². The molecular formula is C14H20ClFN2O2S. The largest absolute Gasteiger partial charge is 0.326 e. The van der Waals surface area contributed by atoms with Gasteiger partial charge < -0.3 is 5.73 Å². The molecule has 0 saturated heterocycles. The first-order valence-electron chi connectivity index (χ1n) is 7.08. The van der Waals surface area contributed by atoms with E-state index < -0.39 is 15.8 Å². The number of rotatable bonds is 6. The Labute approximate surface area is 130 Å². The molecule has 2 N–H and O–H groups in total. The maximum atomic E-state index is 14.3. The molecule has 7 heteroatoms. The van der Waals surface area contributed by atoms with Gasteiger partial charge in [0.05, 0.1) is 0 Å². The first-order valence-corrected chi connectivity index (χ1v) is 8.90. The lowest BCUT2D eigenvalue weighted by Crippen LogP contribution is -2.37. The van der Waals surface area contributed by atoms with Gasteiger partial charge in [-0.3, -0.25) is 0 Å². The van der Waals surface area contributed by atoms with Crippen molar-refractivity contribution in [1.29, 1.82) is 0 Å². The van der Waals surface area contributed by atoms with E-state index in [2.05, 4.69) is 0 Å². The molecule has 1 aromatic carbocycles. The molecule has 1 aromatic rings. The zero-order chi connectivity index (χ0) is 15.6. The molecule has 1 fully saturated rings. The summed E-state index contributed by atoms with van der Waals surface area (Å²) in [4.78, 5) is -0.378. The third-order valence-electron chi connectivity index (χ3n) is 3.96. The van der Waals surface area contributed by atoms with Gasteiger partial charge in [-0.25, -0.2) is 12.8 Å². The van der Waals surface area contributed by atoms with Gasteiger partial charge in [-0.15, -0.1) is 0 Å². The topological polar surface area (TPSA) is 63.4 Å². The fourth-order valence-corrected chi connectivity index (χ4v) is 4.42. The molecule has 0 aliphatic heterocycles. The minimum absolute atomic E-state index is 0.0936. The molecule has 0 atom stereocenters. The highest BCUT2D eigenvalue weighted by molar-refractivity contribution is 7.89. The number of hydrogen-bond acceptors (Lipinski definition) is 3. The van der Waals surface area contributed by atoms with Gasteiger partial charge in [0, 0.05) is 30.2 Å². The Morgan fingerprint density at radius 1 is 1.43 bits per heavy atom. The van der Waals surface area contributed by atoms with Gasteiger partial charge in [0.2, 0.25) is 10.0 Å². The summed E-state index contributed by atoms with van der Waals surface area (Å²) in [5.74, 6) is -0.426. The molecule has 2 rings (SSSR count). The van der Waals surface area contributed by atoms with Crippen molar-refractivity contribution in [2.45, 2.75) is 37.6 Å². The monoisotopic (exact) mass is 334 g/mol. The third kappa shape index (κ3) is 3.39. The van der Waals surface area contributed by atoms with Crippen LogP contribution in [0.25, 0.3) is 0 Å². The predicted molar refractivity (Wildman–Crippen MR) is 81.1 cm³/mol. The molecule has 21 heavy (non-hydrogen) atoms. The zero-order valence-electron chi connectivity index (χ0n) is 12.0. The van der Waals surface area contributed by atoms with Crippen LogP contribution in [-0.2, 0) is 16.6 Å². The summed E-state index contributed by atoms with van der Waals surface area (Å²) in [5, 5.41) is 0.176. The van der Waals surface area contributed by atoms with Crippen molar-refractivity contribution in [2.75, 3.05) is 13.1 Å². The normalized spacial score (nSPS) is 16.2. The van der Waals surface area contributed by atoms with Crippen LogP contribution in [0.5, 0.6) is 0 Å². The summed E-state index contributed by atoms with van der Waals surface area (Å²) in [6.07, 6.45) is 3.18. The first kappa shape index (κ1) is 16.7. The Balaban J connectivity index is 2.39. The smallest absolute Gasteiger partial charge is 0.246 e. The zero-order valence-corrected chi connectivity index (χ0v) is 13.6. The molecule has 0 amide bonds. The van der Waals surface area contributed by atoms with Gasteiger partial charge in [0.25, 0.3) is 0 Å². The van der Waals surface area contributed by atoms with Crippen LogP contribution in [0, 0.1) is 11.7 Å². The molecule has 118 valence electrons. The van der Waals surface area contributed by atoms with E-state index >= 15 is 0 Å². The minimum atomic E-state index is -3.89. The maximum absolute atomic E-state index is 14.3. The van der Waals surface area contributed by atoms with E-state index in [1.165, 1.54) is 10.4 Å². The molecular weight excluding hydrogens is 315 g/mol. The first-order chi connectivity index (χ1) is 9.90. The summed E-state index contributed by atoms with van der Waals surface area (Å²) in [7, 11) is -3.89. The fraction of sp³-hybridized carbons (Fsp3) is 0.571. The molecule has 0 unspecified atom stereocenters. The Bertz CT molecular complexity index is 618. The highest BCUT2D eigenvalue weighted by atomic mass is 35.5. The lowest BCUT2D eigenvalue weighted by atomic mass is 9.85. The minimum Gasteiger partial charge on any atom is -0.326 e. The van der Waals surface area contributed by atoms with Gasteiger partial charge in [-0.2, -0.15) is 4.31 Å². The molecule has 0 aromatic heterocycles. The molecule has 1 aliphatic carbocycles. The highest BCUT2D eigenvalue weighted by Gasteiger charge is 2.31. The number of nitrogens with zero attached hydrogens (tertiary/aromatic N) is 1. The second-order valence-corrected chi connectivity index (χ2v) is 7.68. The van der Waals surface area contributed by atoms with Crippen LogP contribution in [0.2, 0.25) is 5.02 Å². The van der Waals surface area contributed by atoms with Crippen LogP contribution in [0.1, 0.15) is 31.7 Å². The van der Waals surface area contributed by atoms with Crippen LogP contribution in [0.3, 0.4) is 0 Å². The lowest BCUT2D eigenvalue weighted by Gasteiger charge is -2.31. The summed E-state index contributed by atoms with van der Waals surface area (Å²) >= 11 is 5.89. The number of hydrogen-bond donors (Lipinski definition) is 1. The van der Waals surface area contributed by atoms with E-state index in [-0.39, 0.29) is 22.0 Å². The average Bonchev–Trinajstić information content (AvgIpc) is 2.39. The lowest BCUT2D eigenvalue weighted by molar-refractivity contribution is 0.249. The van der Waals surface area contributed by atoms with Gasteiger partial charge in [0.15, 0.2) is 0 Å². The SMILES string of the molecule is CCN(CC1CCC1)S(=O)(=O)c1cc(Cl)cc(CN)c1F. The van der Waals surface area contributed by atoms with E-state index in [1.54, 1.807) is 6.92 Å². The number of sulfonamides is 1. The second-order valence-electron chi connectivity index (χ2n) is 5.33. The molecule has 4 nitrogen and oxygen atoms in total. The summed E-state index contributed by atoms with van der Waals surface area (Å²) < 4.78 is 41.0. The maximum Gasteiger partial charge on any atom is 0.246 e. The number of halogens is 2. The van der Waals surface area contributed by atoms with E-state index in [4.69, 9.17) is 17.3 Å². The van der Waals surface area contributed by atoms with Crippen molar-refractivity contribution in [3.8, 4) is 0 Å². The fourth-order valence-electron chi connectivity index (χ4n) is 2.45. The Hall–Kier alpha value is -0.690. The highest BCUT2D eigenvalue weighted by Crippen LogP contribution is 2.31. The van der Waals surface area contributed by atoms with Gasteiger partial charge in [-0.05, 0) is 30.9 Å². The van der Waals surface area contributed by atoms with E-state index in [0.29, 0.717) is 19.0 Å². The Kier molecular flexibility index (Phi) is 5.24. The van der Waals surface area contributed by atoms with Gasteiger partial charge in [0.1, 0.15) is 10.7 Å². The molecule has 1 aliphatic rings. The molecule has 1 saturated carbocycles. The van der Waals surface area contributed by atoms with Crippen molar-refractivity contribution in [3.63, 3.8) is 0 Å². The number of nitrogens with two attached hydrogens (primary N) is 1.